The van der Waals surface area contributed by atoms with Crippen molar-refractivity contribution >= 4 is 23.9 Å². The average molecular weight is 709 g/mol. The van der Waals surface area contributed by atoms with Crippen molar-refractivity contribution in [3.05, 3.63) is 156 Å². The van der Waals surface area contributed by atoms with Crippen LogP contribution in [0.3, 0.4) is 0 Å². The minimum atomic E-state index is -0.952. The number of carbonyl (C=O) groups is 4. The van der Waals surface area contributed by atoms with E-state index in [1.165, 1.54) is 39.0 Å². The van der Waals surface area contributed by atoms with Gasteiger partial charge in [0.1, 0.15) is 17.1 Å². The molecule has 0 spiro atoms. The number of hydrogen-bond donors (Lipinski definition) is 0. The molecule has 0 fully saturated rings. The first-order valence-electron chi connectivity index (χ1n) is 15.8. The molecule has 0 aliphatic rings. The second-order valence-corrected chi connectivity index (χ2v) is 11.7. The third-order valence-corrected chi connectivity index (χ3v) is 6.98. The highest BCUT2D eigenvalue weighted by Crippen LogP contribution is 2.39. The summed E-state index contributed by atoms with van der Waals surface area (Å²) in [6.45, 7) is 20.2. The lowest BCUT2D eigenvalue weighted by Crippen LogP contribution is -2.14. The zero-order chi connectivity index (χ0) is 38.8. The van der Waals surface area contributed by atoms with Gasteiger partial charge in [0.25, 0.3) is 0 Å². The van der Waals surface area contributed by atoms with E-state index in [1.54, 1.807) is 67.6 Å². The Morgan fingerprint density at radius 2 is 0.868 bits per heavy atom. The van der Waals surface area contributed by atoms with E-state index in [2.05, 4.69) is 50.0 Å². The fraction of sp³-hybridized carbons (Fsp3) is 0.0909. The van der Waals surface area contributed by atoms with Crippen LogP contribution in [0.5, 0.6) is 23.0 Å². The van der Waals surface area contributed by atoms with Crippen LogP contribution < -0.4 is 18.9 Å². The fourth-order valence-corrected chi connectivity index (χ4v) is 4.10. The molecule has 0 bridgehead atoms. The molecule has 0 aliphatic carbocycles. The summed E-state index contributed by atoms with van der Waals surface area (Å²) in [7, 11) is 0. The number of halogens is 1. The second-order valence-electron chi connectivity index (χ2n) is 11.7. The van der Waals surface area contributed by atoms with Crippen molar-refractivity contribution in [2.45, 2.75) is 27.7 Å². The Kier molecular flexibility index (Phi) is 12.5. The van der Waals surface area contributed by atoms with Gasteiger partial charge < -0.3 is 18.9 Å². The molecule has 8 nitrogen and oxygen atoms in total. The molecule has 0 radical (unpaired) electrons. The van der Waals surface area contributed by atoms with Crippen molar-refractivity contribution in [1.29, 1.82) is 0 Å². The normalized spacial score (nSPS) is 9.91. The predicted molar refractivity (Wildman–Crippen MR) is 198 cm³/mol. The summed E-state index contributed by atoms with van der Waals surface area (Å²) in [6.07, 6.45) is 0. The molecule has 9 heteroatoms. The minimum absolute atomic E-state index is 0.0143. The molecular formula is C44H33FO8. The lowest BCUT2D eigenvalue weighted by molar-refractivity contribution is -0.131. The third-order valence-electron chi connectivity index (χ3n) is 6.98. The highest BCUT2D eigenvalue weighted by atomic mass is 19.1. The zero-order valence-corrected chi connectivity index (χ0v) is 29.5. The topological polar surface area (TPSA) is 105 Å². The van der Waals surface area contributed by atoms with Gasteiger partial charge in [-0.2, -0.15) is 0 Å². The van der Waals surface area contributed by atoms with E-state index in [4.69, 9.17) is 18.9 Å². The molecule has 0 aromatic heterocycles. The summed E-state index contributed by atoms with van der Waals surface area (Å²) >= 11 is 0. The molecular weight excluding hydrogens is 675 g/mol. The molecule has 0 N–H and O–H groups in total. The molecule has 4 aromatic carbocycles. The summed E-state index contributed by atoms with van der Waals surface area (Å²) < 4.78 is 37.9. The molecule has 0 aliphatic heterocycles. The molecule has 0 saturated heterocycles. The van der Waals surface area contributed by atoms with Gasteiger partial charge in [-0.3, -0.25) is 0 Å². The number of rotatable bonds is 9. The van der Waals surface area contributed by atoms with Crippen LogP contribution in [0.25, 0.3) is 11.1 Å². The summed E-state index contributed by atoms with van der Waals surface area (Å²) in [5, 5.41) is 0. The maximum atomic E-state index is 16.5. The van der Waals surface area contributed by atoms with E-state index in [0.717, 1.165) is 0 Å². The van der Waals surface area contributed by atoms with Crippen molar-refractivity contribution in [2.75, 3.05) is 0 Å². The summed E-state index contributed by atoms with van der Waals surface area (Å²) in [5.74, 6) is 7.65. The number of esters is 4. The van der Waals surface area contributed by atoms with E-state index in [1.807, 2.05) is 0 Å². The second kappa shape index (κ2) is 17.1. The minimum Gasteiger partial charge on any atom is -0.423 e. The molecule has 0 unspecified atom stereocenters. The molecule has 53 heavy (non-hydrogen) atoms. The summed E-state index contributed by atoms with van der Waals surface area (Å²) in [4.78, 5) is 49.1. The van der Waals surface area contributed by atoms with Crippen molar-refractivity contribution < 1.29 is 42.5 Å². The van der Waals surface area contributed by atoms with Gasteiger partial charge in [-0.05, 0) is 100.0 Å². The van der Waals surface area contributed by atoms with Crippen molar-refractivity contribution in [2.24, 2.45) is 0 Å². The van der Waals surface area contributed by atoms with Gasteiger partial charge in [0, 0.05) is 44.5 Å². The number of carbonyl (C=O) groups excluding carboxylic acids is 4. The molecule has 0 atom stereocenters. The van der Waals surface area contributed by atoms with E-state index in [9.17, 15) is 19.2 Å². The van der Waals surface area contributed by atoms with Crippen LogP contribution in [0.15, 0.2) is 127 Å². The monoisotopic (exact) mass is 708 g/mol. The van der Waals surface area contributed by atoms with Crippen LogP contribution in [0.1, 0.15) is 49.9 Å². The fourth-order valence-electron chi connectivity index (χ4n) is 4.10. The van der Waals surface area contributed by atoms with Crippen LogP contribution in [0.2, 0.25) is 0 Å². The number of ether oxygens (including phenoxy) is 4. The Bertz CT molecular complexity index is 2310. The van der Waals surface area contributed by atoms with Gasteiger partial charge in [0.2, 0.25) is 0 Å². The highest BCUT2D eigenvalue weighted by Gasteiger charge is 2.25. The summed E-state index contributed by atoms with van der Waals surface area (Å²) in [6, 6.07) is 20.5. The Morgan fingerprint density at radius 1 is 0.509 bits per heavy atom. The molecule has 0 saturated carbocycles. The van der Waals surface area contributed by atoms with Crippen molar-refractivity contribution in [3.63, 3.8) is 0 Å². The Labute approximate surface area is 306 Å². The number of benzene rings is 4. The average Bonchev–Trinajstić information content (AvgIpc) is 3.12. The van der Waals surface area contributed by atoms with Crippen LogP contribution in [0.4, 0.5) is 4.39 Å². The van der Waals surface area contributed by atoms with E-state index in [0.29, 0.717) is 28.0 Å². The predicted octanol–water partition coefficient (Wildman–Crippen LogP) is 8.22. The van der Waals surface area contributed by atoms with Gasteiger partial charge in [-0.1, -0.05) is 62.1 Å². The standard InChI is InChI=1S/C44H33FO8/c1-26(2)41(46)50-34-20-13-31(14-21-34)10-9-30-11-18-33(19-12-30)37-25-38(52-43(48)28(5)6)36(40(39(37)45)53-44(49)29(7)8)24-17-32-15-22-35(23-16-32)51-42(47)27(3)4/h11-16,18-23,25H,1,3,5,7H2,2,4,6,8H3. The van der Waals surface area contributed by atoms with Gasteiger partial charge in [-0.15, -0.1) is 0 Å². The first-order chi connectivity index (χ1) is 25.1. The zero-order valence-electron chi connectivity index (χ0n) is 29.5. The molecule has 0 heterocycles. The third kappa shape index (κ3) is 10.4. The first kappa shape index (κ1) is 38.6. The van der Waals surface area contributed by atoms with Gasteiger partial charge >= 0.3 is 23.9 Å². The smallest absolute Gasteiger partial charge is 0.338 e. The Hall–Kier alpha value is -7.23. The van der Waals surface area contributed by atoms with Crippen molar-refractivity contribution in [3.8, 4) is 57.8 Å². The van der Waals surface area contributed by atoms with Crippen LogP contribution in [-0.2, 0) is 19.2 Å². The first-order valence-corrected chi connectivity index (χ1v) is 15.8. The van der Waals surface area contributed by atoms with Gasteiger partial charge in [-0.25, -0.2) is 23.6 Å². The molecule has 0 amide bonds. The number of hydrogen-bond acceptors (Lipinski definition) is 8. The van der Waals surface area contributed by atoms with Crippen LogP contribution in [0, 0.1) is 29.5 Å². The molecule has 4 rings (SSSR count). The lowest BCUT2D eigenvalue weighted by Gasteiger charge is -2.16. The van der Waals surface area contributed by atoms with Gasteiger partial charge in [0.05, 0.1) is 0 Å². The maximum absolute atomic E-state index is 16.5. The van der Waals surface area contributed by atoms with Crippen LogP contribution >= 0.6 is 0 Å². The van der Waals surface area contributed by atoms with E-state index >= 15 is 4.39 Å². The Balaban J connectivity index is 1.74. The van der Waals surface area contributed by atoms with Crippen LogP contribution in [-0.4, -0.2) is 23.9 Å². The highest BCUT2D eigenvalue weighted by molar-refractivity contribution is 5.92. The molecule has 264 valence electrons. The maximum Gasteiger partial charge on any atom is 0.338 e. The van der Waals surface area contributed by atoms with Gasteiger partial charge in [0.15, 0.2) is 17.3 Å². The van der Waals surface area contributed by atoms with E-state index in [-0.39, 0.29) is 44.9 Å². The lowest BCUT2D eigenvalue weighted by atomic mass is 9.99. The summed E-state index contributed by atoms with van der Waals surface area (Å²) in [5.41, 5.74) is 2.26. The Morgan fingerprint density at radius 3 is 1.28 bits per heavy atom. The quantitative estimate of drug-likeness (QED) is 0.0742. The largest absolute Gasteiger partial charge is 0.423 e. The van der Waals surface area contributed by atoms with Crippen molar-refractivity contribution in [1.82, 2.24) is 0 Å². The molecule has 4 aromatic rings. The van der Waals surface area contributed by atoms with E-state index < -0.39 is 35.4 Å². The SMILES string of the molecule is C=C(C)C(=O)Oc1ccc(C#Cc2ccc(-c3cc(OC(=O)C(=C)C)c(C#Cc4ccc(OC(=O)C(=C)C)cc4)c(OC(=O)C(=C)C)c3F)cc2)cc1.